The van der Waals surface area contributed by atoms with Gasteiger partial charge in [0, 0.05) is 60.5 Å². The third-order valence-corrected chi connectivity index (χ3v) is 3.67. The lowest BCUT2D eigenvalue weighted by Gasteiger charge is -2.06. The third kappa shape index (κ3) is 5.14. The van der Waals surface area contributed by atoms with Crippen LogP contribution in [0.5, 0.6) is 0 Å². The molecule has 0 radical (unpaired) electrons. The number of anilines is 1. The second kappa shape index (κ2) is 7.24. The standard InChI is InChI=1S/C11H18N2O3S/c1-16-6-2-7-17(15)8-5-13-9-10(12)3-4-11(13)14/h3-4,9H,2,5-8,12H2,1H3. The topological polar surface area (TPSA) is 74.3 Å². The minimum atomic E-state index is -0.917. The molecule has 0 spiro atoms. The molecule has 5 nitrogen and oxygen atoms in total. The van der Waals surface area contributed by atoms with Gasteiger partial charge in [0.1, 0.15) is 0 Å². The van der Waals surface area contributed by atoms with E-state index in [0.717, 1.165) is 6.42 Å². The van der Waals surface area contributed by atoms with Crippen LogP contribution in [0.3, 0.4) is 0 Å². The summed E-state index contributed by atoms with van der Waals surface area (Å²) >= 11 is 0. The van der Waals surface area contributed by atoms with Crippen molar-refractivity contribution >= 4 is 16.5 Å². The number of pyridine rings is 1. The maximum absolute atomic E-state index is 11.6. The molecule has 1 heterocycles. The monoisotopic (exact) mass is 258 g/mol. The highest BCUT2D eigenvalue weighted by atomic mass is 32.2. The molecule has 0 aliphatic carbocycles. The maximum Gasteiger partial charge on any atom is 0.250 e. The average molecular weight is 258 g/mol. The summed E-state index contributed by atoms with van der Waals surface area (Å²) in [6.07, 6.45) is 2.35. The van der Waals surface area contributed by atoms with Crippen molar-refractivity contribution in [3.05, 3.63) is 28.7 Å². The molecule has 1 aromatic rings. The molecular formula is C11H18N2O3S. The summed E-state index contributed by atoms with van der Waals surface area (Å²) in [6.45, 7) is 1.05. The Morgan fingerprint density at radius 3 is 2.88 bits per heavy atom. The lowest BCUT2D eigenvalue weighted by molar-refractivity contribution is 0.200. The molecule has 1 unspecified atom stereocenters. The van der Waals surface area contributed by atoms with E-state index in [-0.39, 0.29) is 5.56 Å². The molecule has 17 heavy (non-hydrogen) atoms. The third-order valence-electron chi connectivity index (χ3n) is 2.29. The van der Waals surface area contributed by atoms with Gasteiger partial charge in [-0.25, -0.2) is 0 Å². The van der Waals surface area contributed by atoms with Gasteiger partial charge in [-0.1, -0.05) is 0 Å². The summed E-state index contributed by atoms with van der Waals surface area (Å²) in [7, 11) is 0.703. The highest BCUT2D eigenvalue weighted by molar-refractivity contribution is 7.84. The van der Waals surface area contributed by atoms with Crippen molar-refractivity contribution in [3.63, 3.8) is 0 Å². The summed E-state index contributed by atoms with van der Waals surface area (Å²) in [5, 5.41) is 0. The zero-order valence-corrected chi connectivity index (χ0v) is 10.7. The molecule has 1 rings (SSSR count). The number of nitrogens with two attached hydrogens (primary N) is 1. The van der Waals surface area contributed by atoms with E-state index in [1.54, 1.807) is 19.4 Å². The number of ether oxygens (including phenoxy) is 1. The Balaban J connectivity index is 2.42. The van der Waals surface area contributed by atoms with Crippen LogP contribution in [0.25, 0.3) is 0 Å². The predicted octanol–water partition coefficient (Wildman–Crippen LogP) is 0.216. The number of methoxy groups -OCH3 is 1. The van der Waals surface area contributed by atoms with Crippen LogP contribution in [0.1, 0.15) is 6.42 Å². The van der Waals surface area contributed by atoms with Gasteiger partial charge in [-0.2, -0.15) is 0 Å². The molecule has 0 saturated carbocycles. The highest BCUT2D eigenvalue weighted by Crippen LogP contribution is 1.97. The van der Waals surface area contributed by atoms with Crippen LogP contribution in [0.4, 0.5) is 5.69 Å². The molecule has 0 aliphatic heterocycles. The van der Waals surface area contributed by atoms with E-state index in [1.165, 1.54) is 10.6 Å². The minimum Gasteiger partial charge on any atom is -0.398 e. The summed E-state index contributed by atoms with van der Waals surface area (Å²) in [6, 6.07) is 2.98. The fourth-order valence-electron chi connectivity index (χ4n) is 1.39. The number of rotatable bonds is 7. The van der Waals surface area contributed by atoms with E-state index >= 15 is 0 Å². The zero-order valence-electron chi connectivity index (χ0n) is 9.93. The lowest BCUT2D eigenvalue weighted by Crippen LogP contribution is -2.22. The summed E-state index contributed by atoms with van der Waals surface area (Å²) in [4.78, 5) is 11.4. The summed E-state index contributed by atoms with van der Waals surface area (Å²) < 4.78 is 18.0. The number of aromatic nitrogens is 1. The molecule has 0 aliphatic rings. The predicted molar refractivity (Wildman–Crippen MR) is 69.5 cm³/mol. The smallest absolute Gasteiger partial charge is 0.250 e. The SMILES string of the molecule is COCCCS(=O)CCn1cc(N)ccc1=O. The van der Waals surface area contributed by atoms with Crippen molar-refractivity contribution < 1.29 is 8.95 Å². The average Bonchev–Trinajstić information content (AvgIpc) is 2.31. The Bertz CT molecular complexity index is 431. The largest absolute Gasteiger partial charge is 0.398 e. The van der Waals surface area contributed by atoms with Crippen molar-refractivity contribution in [1.29, 1.82) is 0 Å². The second-order valence-corrected chi connectivity index (χ2v) is 5.38. The highest BCUT2D eigenvalue weighted by Gasteiger charge is 2.02. The van der Waals surface area contributed by atoms with Crippen molar-refractivity contribution in [2.45, 2.75) is 13.0 Å². The van der Waals surface area contributed by atoms with Crippen LogP contribution in [0.2, 0.25) is 0 Å². The van der Waals surface area contributed by atoms with Gasteiger partial charge in [-0.15, -0.1) is 0 Å². The van der Waals surface area contributed by atoms with Gasteiger partial charge in [0.15, 0.2) is 0 Å². The van der Waals surface area contributed by atoms with Crippen LogP contribution in [-0.4, -0.2) is 34.0 Å². The zero-order chi connectivity index (χ0) is 12.7. The quantitative estimate of drug-likeness (QED) is 0.710. The summed E-state index contributed by atoms with van der Waals surface area (Å²) in [5.41, 5.74) is 6.00. The molecule has 0 bridgehead atoms. The van der Waals surface area contributed by atoms with Gasteiger partial charge in [0.2, 0.25) is 0 Å². The van der Waals surface area contributed by atoms with Crippen molar-refractivity contribution in [1.82, 2.24) is 4.57 Å². The number of nitrogen functional groups attached to an aromatic ring is 1. The molecule has 1 atom stereocenters. The van der Waals surface area contributed by atoms with Crippen LogP contribution >= 0.6 is 0 Å². The summed E-state index contributed by atoms with van der Waals surface area (Å²) in [5.74, 6) is 1.07. The number of hydrogen-bond donors (Lipinski definition) is 1. The second-order valence-electron chi connectivity index (χ2n) is 3.69. The first kappa shape index (κ1) is 13.9. The molecule has 0 saturated heterocycles. The molecule has 1 aromatic heterocycles. The van der Waals surface area contributed by atoms with E-state index in [0.29, 0.717) is 30.3 Å². The molecule has 0 aromatic carbocycles. The van der Waals surface area contributed by atoms with Crippen LogP contribution in [0, 0.1) is 0 Å². The van der Waals surface area contributed by atoms with Gasteiger partial charge in [0.25, 0.3) is 5.56 Å². The normalized spacial score (nSPS) is 12.5. The first-order chi connectivity index (χ1) is 8.13. The van der Waals surface area contributed by atoms with E-state index in [4.69, 9.17) is 10.5 Å². The number of nitrogens with zero attached hydrogens (tertiary/aromatic N) is 1. The van der Waals surface area contributed by atoms with Gasteiger partial charge in [-0.05, 0) is 12.5 Å². The van der Waals surface area contributed by atoms with Crippen molar-refractivity contribution in [2.24, 2.45) is 0 Å². The molecule has 96 valence electrons. The molecule has 6 heteroatoms. The minimum absolute atomic E-state index is 0.118. The first-order valence-electron chi connectivity index (χ1n) is 5.43. The maximum atomic E-state index is 11.6. The number of aryl methyl sites for hydroxylation is 1. The van der Waals surface area contributed by atoms with Crippen molar-refractivity contribution in [3.8, 4) is 0 Å². The van der Waals surface area contributed by atoms with Gasteiger partial charge in [-0.3, -0.25) is 9.00 Å². The number of hydrogen-bond acceptors (Lipinski definition) is 4. The Morgan fingerprint density at radius 1 is 1.41 bits per heavy atom. The van der Waals surface area contributed by atoms with Gasteiger partial charge < -0.3 is 15.0 Å². The van der Waals surface area contributed by atoms with Crippen LogP contribution in [-0.2, 0) is 22.1 Å². The van der Waals surface area contributed by atoms with Crippen molar-refractivity contribution in [2.75, 3.05) is 31.0 Å². The fourth-order valence-corrected chi connectivity index (χ4v) is 2.44. The first-order valence-corrected chi connectivity index (χ1v) is 6.92. The van der Waals surface area contributed by atoms with Crippen LogP contribution < -0.4 is 11.3 Å². The van der Waals surface area contributed by atoms with E-state index in [9.17, 15) is 9.00 Å². The van der Waals surface area contributed by atoms with Crippen LogP contribution in [0.15, 0.2) is 23.1 Å². The molecule has 0 amide bonds. The van der Waals surface area contributed by atoms with E-state index in [2.05, 4.69) is 0 Å². The Kier molecular flexibility index (Phi) is 5.93. The lowest BCUT2D eigenvalue weighted by atomic mass is 10.4. The van der Waals surface area contributed by atoms with E-state index in [1.807, 2.05) is 0 Å². The Hall–Kier alpha value is -1.14. The Labute approximate surface area is 103 Å². The van der Waals surface area contributed by atoms with Gasteiger partial charge >= 0.3 is 0 Å². The molecular weight excluding hydrogens is 240 g/mol. The molecule has 2 N–H and O–H groups in total. The Morgan fingerprint density at radius 2 is 2.18 bits per heavy atom. The van der Waals surface area contributed by atoms with E-state index < -0.39 is 10.8 Å². The fraction of sp³-hybridized carbons (Fsp3) is 0.545. The van der Waals surface area contributed by atoms with Gasteiger partial charge in [0.05, 0.1) is 0 Å². The molecule has 0 fully saturated rings.